The molecule has 0 spiro atoms. The predicted octanol–water partition coefficient (Wildman–Crippen LogP) is 2.27. The molecule has 1 N–H and O–H groups in total. The Morgan fingerprint density at radius 3 is 2.19 bits per heavy atom. The van der Waals surface area contributed by atoms with Crippen LogP contribution in [0.5, 0.6) is 0 Å². The van der Waals surface area contributed by atoms with Crippen LogP contribution in [-0.2, 0) is 0 Å². The van der Waals surface area contributed by atoms with Crippen LogP contribution in [0.3, 0.4) is 0 Å². The van der Waals surface area contributed by atoms with Gasteiger partial charge in [-0.25, -0.2) is 0 Å². The van der Waals surface area contributed by atoms with Crippen LogP contribution in [-0.4, -0.2) is 24.0 Å². The summed E-state index contributed by atoms with van der Waals surface area (Å²) in [5.41, 5.74) is 1.13. The molecule has 0 amide bonds. The van der Waals surface area contributed by atoms with Crippen molar-refractivity contribution in [1.82, 2.24) is 9.88 Å². The number of hydrogen-bond donors (Lipinski definition) is 1. The molecule has 3 nitrogen and oxygen atoms in total. The highest BCUT2D eigenvalue weighted by molar-refractivity contribution is 5.15. The zero-order chi connectivity index (χ0) is 12.3. The van der Waals surface area contributed by atoms with Gasteiger partial charge in [0.2, 0.25) is 5.56 Å². The van der Waals surface area contributed by atoms with E-state index < -0.39 is 0 Å². The van der Waals surface area contributed by atoms with E-state index in [2.05, 4.69) is 44.8 Å². The number of hydrogen-bond acceptors (Lipinski definition) is 2. The monoisotopic (exact) mass is 222 g/mol. The number of nitrogens with zero attached hydrogens (tertiary/aromatic N) is 1. The van der Waals surface area contributed by atoms with Crippen molar-refractivity contribution < 1.29 is 0 Å². The van der Waals surface area contributed by atoms with Gasteiger partial charge in [-0.05, 0) is 31.5 Å². The summed E-state index contributed by atoms with van der Waals surface area (Å²) in [5.74, 6) is 1.15. The van der Waals surface area contributed by atoms with Gasteiger partial charge in [0, 0.05) is 18.3 Å². The van der Waals surface area contributed by atoms with Gasteiger partial charge < -0.3 is 9.88 Å². The summed E-state index contributed by atoms with van der Waals surface area (Å²) in [5, 5.41) is 0. The number of aromatic amines is 1. The largest absolute Gasteiger partial charge is 0.329 e. The van der Waals surface area contributed by atoms with Crippen molar-refractivity contribution in [1.29, 1.82) is 0 Å². The Balaban J connectivity index is 3.02. The Labute approximate surface area is 97.5 Å². The summed E-state index contributed by atoms with van der Waals surface area (Å²) in [6, 6.07) is 3.86. The molecule has 0 fully saturated rings. The van der Waals surface area contributed by atoms with E-state index in [4.69, 9.17) is 0 Å². The van der Waals surface area contributed by atoms with Gasteiger partial charge in [-0.2, -0.15) is 0 Å². The Hall–Kier alpha value is -1.09. The summed E-state index contributed by atoms with van der Waals surface area (Å²) >= 11 is 0. The summed E-state index contributed by atoms with van der Waals surface area (Å²) in [4.78, 5) is 16.0. The van der Waals surface area contributed by atoms with E-state index in [1.807, 2.05) is 12.3 Å². The van der Waals surface area contributed by atoms with Gasteiger partial charge >= 0.3 is 0 Å². The summed E-state index contributed by atoms with van der Waals surface area (Å²) in [7, 11) is 4.16. The average molecular weight is 222 g/mol. The minimum atomic E-state index is -0.0431. The normalized spacial score (nSPS) is 15.4. The molecular weight excluding hydrogens is 200 g/mol. The SMILES string of the molecule is CC(C)[C@@H](C)[C@H](c1ccc(=O)[nH]c1)N(C)C. The fourth-order valence-corrected chi connectivity index (χ4v) is 2.04. The second-order valence-corrected chi connectivity index (χ2v) is 5.00. The highest BCUT2D eigenvalue weighted by atomic mass is 16.1. The lowest BCUT2D eigenvalue weighted by molar-refractivity contribution is 0.184. The molecule has 90 valence electrons. The molecule has 2 atom stereocenters. The Bertz CT molecular complexity index is 361. The molecule has 0 aliphatic rings. The van der Waals surface area contributed by atoms with Crippen molar-refractivity contribution in [2.24, 2.45) is 11.8 Å². The standard InChI is InChI=1S/C13H22N2O/c1-9(2)10(3)13(15(4)5)11-6-7-12(16)14-8-11/h6-10,13H,1-5H3,(H,14,16)/t10-,13-/m1/s1. The number of H-pyrrole nitrogens is 1. The van der Waals surface area contributed by atoms with E-state index in [1.54, 1.807) is 6.07 Å². The van der Waals surface area contributed by atoms with Crippen molar-refractivity contribution >= 4 is 0 Å². The molecule has 1 aromatic rings. The van der Waals surface area contributed by atoms with Gasteiger partial charge in [-0.3, -0.25) is 4.79 Å². The first-order chi connectivity index (χ1) is 7.43. The number of pyridine rings is 1. The van der Waals surface area contributed by atoms with E-state index in [1.165, 1.54) is 5.56 Å². The maximum Gasteiger partial charge on any atom is 0.247 e. The van der Waals surface area contributed by atoms with Gasteiger partial charge in [-0.1, -0.05) is 26.8 Å². The average Bonchev–Trinajstić information content (AvgIpc) is 2.20. The highest BCUT2D eigenvalue weighted by Crippen LogP contribution is 2.30. The first-order valence-corrected chi connectivity index (χ1v) is 5.78. The van der Waals surface area contributed by atoms with Gasteiger partial charge in [0.25, 0.3) is 0 Å². The van der Waals surface area contributed by atoms with E-state index in [9.17, 15) is 4.79 Å². The first kappa shape index (κ1) is 13.0. The van der Waals surface area contributed by atoms with Gasteiger partial charge in [0.05, 0.1) is 0 Å². The zero-order valence-corrected chi connectivity index (χ0v) is 10.8. The zero-order valence-electron chi connectivity index (χ0n) is 10.8. The topological polar surface area (TPSA) is 36.1 Å². The van der Waals surface area contributed by atoms with Crippen LogP contribution < -0.4 is 5.56 Å². The Kier molecular flexibility index (Phi) is 4.30. The van der Waals surface area contributed by atoms with Gasteiger partial charge in [-0.15, -0.1) is 0 Å². The molecule has 0 saturated carbocycles. The number of rotatable bonds is 4. The molecule has 0 aliphatic carbocycles. The highest BCUT2D eigenvalue weighted by Gasteiger charge is 2.23. The lowest BCUT2D eigenvalue weighted by Gasteiger charge is -2.32. The summed E-state index contributed by atoms with van der Waals surface area (Å²) < 4.78 is 0. The smallest absolute Gasteiger partial charge is 0.247 e. The van der Waals surface area contributed by atoms with Crippen LogP contribution in [0.1, 0.15) is 32.4 Å². The maximum atomic E-state index is 11.0. The van der Waals surface area contributed by atoms with Crippen molar-refractivity contribution in [2.75, 3.05) is 14.1 Å². The molecule has 0 unspecified atom stereocenters. The Morgan fingerprint density at radius 2 is 1.81 bits per heavy atom. The molecular formula is C13H22N2O. The lowest BCUT2D eigenvalue weighted by Crippen LogP contribution is -2.29. The Morgan fingerprint density at radius 1 is 1.19 bits per heavy atom. The van der Waals surface area contributed by atoms with Crippen molar-refractivity contribution in [3.05, 3.63) is 34.2 Å². The third-order valence-corrected chi connectivity index (χ3v) is 3.26. The third-order valence-electron chi connectivity index (χ3n) is 3.26. The number of aromatic nitrogens is 1. The summed E-state index contributed by atoms with van der Waals surface area (Å²) in [6.07, 6.45) is 1.83. The van der Waals surface area contributed by atoms with Crippen LogP contribution in [0.25, 0.3) is 0 Å². The molecule has 1 aromatic heterocycles. The molecule has 0 aromatic carbocycles. The van der Waals surface area contributed by atoms with Crippen LogP contribution in [0.2, 0.25) is 0 Å². The molecule has 0 bridgehead atoms. The van der Waals surface area contributed by atoms with Crippen LogP contribution >= 0.6 is 0 Å². The maximum absolute atomic E-state index is 11.0. The number of nitrogens with one attached hydrogen (secondary N) is 1. The van der Waals surface area contributed by atoms with Crippen LogP contribution in [0.15, 0.2) is 23.1 Å². The van der Waals surface area contributed by atoms with Crippen molar-refractivity contribution in [2.45, 2.75) is 26.8 Å². The van der Waals surface area contributed by atoms with Gasteiger partial charge in [0.15, 0.2) is 0 Å². The molecule has 0 saturated heterocycles. The predicted molar refractivity (Wildman–Crippen MR) is 67.5 cm³/mol. The fraction of sp³-hybridized carbons (Fsp3) is 0.615. The van der Waals surface area contributed by atoms with E-state index >= 15 is 0 Å². The molecule has 3 heteroatoms. The second kappa shape index (κ2) is 5.30. The molecule has 1 rings (SSSR count). The first-order valence-electron chi connectivity index (χ1n) is 5.78. The van der Waals surface area contributed by atoms with Crippen molar-refractivity contribution in [3.63, 3.8) is 0 Å². The van der Waals surface area contributed by atoms with Gasteiger partial charge in [0.1, 0.15) is 0 Å². The second-order valence-electron chi connectivity index (χ2n) is 5.00. The minimum absolute atomic E-state index is 0.0431. The minimum Gasteiger partial charge on any atom is -0.329 e. The van der Waals surface area contributed by atoms with E-state index in [0.29, 0.717) is 17.9 Å². The third kappa shape index (κ3) is 2.95. The van der Waals surface area contributed by atoms with E-state index in [0.717, 1.165) is 0 Å². The molecule has 16 heavy (non-hydrogen) atoms. The van der Waals surface area contributed by atoms with Crippen molar-refractivity contribution in [3.8, 4) is 0 Å². The lowest BCUT2D eigenvalue weighted by atomic mass is 9.86. The molecule has 0 radical (unpaired) electrons. The summed E-state index contributed by atoms with van der Waals surface area (Å²) in [6.45, 7) is 6.71. The fourth-order valence-electron chi connectivity index (χ4n) is 2.04. The molecule has 0 aliphatic heterocycles. The molecule has 1 heterocycles. The van der Waals surface area contributed by atoms with Crippen LogP contribution in [0, 0.1) is 11.8 Å². The quantitative estimate of drug-likeness (QED) is 0.848. The van der Waals surface area contributed by atoms with Crippen LogP contribution in [0.4, 0.5) is 0 Å². The van der Waals surface area contributed by atoms with E-state index in [-0.39, 0.29) is 5.56 Å².